The Bertz CT molecular complexity index is 648. The first kappa shape index (κ1) is 17.3. The van der Waals surface area contributed by atoms with E-state index in [1.165, 1.54) is 0 Å². The van der Waals surface area contributed by atoms with E-state index in [2.05, 4.69) is 13.2 Å². The molecule has 0 aliphatic carbocycles. The van der Waals surface area contributed by atoms with Crippen LogP contribution in [0, 0.1) is 29.1 Å². The first-order valence-electron chi connectivity index (χ1n) is 5.43. The summed E-state index contributed by atoms with van der Waals surface area (Å²) in [6.45, 7) is 5.71. The summed E-state index contributed by atoms with van der Waals surface area (Å²) in [6, 6.07) is 0. The van der Waals surface area contributed by atoms with Crippen LogP contribution in [0.15, 0.2) is 30.2 Å². The fourth-order valence-electron chi connectivity index (χ4n) is 1.50. The highest BCUT2D eigenvalue weighted by Gasteiger charge is 2.36. The molecule has 0 saturated heterocycles. The van der Waals surface area contributed by atoms with Gasteiger partial charge in [0, 0.05) is 13.1 Å². The van der Waals surface area contributed by atoms with Crippen LogP contribution in [0.1, 0.15) is 0 Å². The lowest BCUT2D eigenvalue weighted by Crippen LogP contribution is -2.33. The first-order chi connectivity index (χ1) is 9.69. The highest BCUT2D eigenvalue weighted by Crippen LogP contribution is 2.28. The number of benzene rings is 1. The van der Waals surface area contributed by atoms with Crippen LogP contribution in [0.2, 0.25) is 0 Å². The SMILES string of the molecule is C=CCN(CC=C)S(=O)(=O)c1c(F)c(F)c(F)c(F)c1F. The summed E-state index contributed by atoms with van der Waals surface area (Å²) >= 11 is 0. The molecule has 0 atom stereocenters. The molecule has 3 nitrogen and oxygen atoms in total. The van der Waals surface area contributed by atoms with Gasteiger partial charge in [0.25, 0.3) is 0 Å². The molecule has 0 bridgehead atoms. The number of hydrogen-bond donors (Lipinski definition) is 0. The molecule has 9 heteroatoms. The van der Waals surface area contributed by atoms with E-state index in [1.807, 2.05) is 0 Å². The highest BCUT2D eigenvalue weighted by atomic mass is 32.2. The zero-order chi connectivity index (χ0) is 16.4. The summed E-state index contributed by atoms with van der Waals surface area (Å²) in [4.78, 5) is -1.90. The summed E-state index contributed by atoms with van der Waals surface area (Å²) in [5.74, 6) is -11.9. The third-order valence-corrected chi connectivity index (χ3v) is 4.29. The fraction of sp³-hybridized carbons (Fsp3) is 0.167. The van der Waals surface area contributed by atoms with E-state index in [1.54, 1.807) is 0 Å². The normalized spacial score (nSPS) is 11.7. The third-order valence-electron chi connectivity index (χ3n) is 2.43. The third kappa shape index (κ3) is 2.98. The Morgan fingerprint density at radius 3 is 1.48 bits per heavy atom. The number of hydrogen-bond acceptors (Lipinski definition) is 2. The van der Waals surface area contributed by atoms with Gasteiger partial charge in [-0.25, -0.2) is 30.4 Å². The van der Waals surface area contributed by atoms with Crippen LogP contribution in [0.25, 0.3) is 0 Å². The molecular formula is C12H10F5NO2S. The van der Waals surface area contributed by atoms with Crippen molar-refractivity contribution >= 4 is 10.0 Å². The summed E-state index contributed by atoms with van der Waals surface area (Å²) in [7, 11) is -4.95. The maximum atomic E-state index is 13.6. The quantitative estimate of drug-likeness (QED) is 0.349. The Morgan fingerprint density at radius 2 is 1.14 bits per heavy atom. The van der Waals surface area contributed by atoms with E-state index in [0.29, 0.717) is 4.31 Å². The van der Waals surface area contributed by atoms with E-state index < -0.39 is 57.1 Å². The zero-order valence-electron chi connectivity index (χ0n) is 10.5. The molecule has 0 heterocycles. The molecule has 0 fully saturated rings. The van der Waals surface area contributed by atoms with E-state index in [4.69, 9.17) is 0 Å². The van der Waals surface area contributed by atoms with Gasteiger partial charge in [0.2, 0.25) is 15.8 Å². The van der Waals surface area contributed by atoms with Crippen molar-refractivity contribution in [2.45, 2.75) is 4.90 Å². The van der Waals surface area contributed by atoms with Crippen molar-refractivity contribution in [2.75, 3.05) is 13.1 Å². The Balaban J connectivity index is 3.65. The lowest BCUT2D eigenvalue weighted by molar-refractivity contribution is 0.353. The number of nitrogens with zero attached hydrogens (tertiary/aromatic N) is 1. The molecule has 1 aromatic rings. The number of halogens is 5. The summed E-state index contributed by atoms with van der Waals surface area (Å²) in [5, 5.41) is 0. The van der Waals surface area contributed by atoms with E-state index in [0.717, 1.165) is 12.2 Å². The highest BCUT2D eigenvalue weighted by molar-refractivity contribution is 7.89. The minimum Gasteiger partial charge on any atom is -0.207 e. The Morgan fingerprint density at radius 1 is 0.810 bits per heavy atom. The molecule has 0 aliphatic rings. The van der Waals surface area contributed by atoms with Crippen LogP contribution in [0.4, 0.5) is 22.0 Å². The Labute approximate surface area is 118 Å². The second kappa shape index (κ2) is 6.35. The number of rotatable bonds is 6. The van der Waals surface area contributed by atoms with E-state index >= 15 is 0 Å². The van der Waals surface area contributed by atoms with Crippen LogP contribution in [-0.2, 0) is 10.0 Å². The molecule has 0 aromatic heterocycles. The second-order valence-corrected chi connectivity index (χ2v) is 5.67. The predicted molar refractivity (Wildman–Crippen MR) is 65.4 cm³/mol. The summed E-state index contributed by atoms with van der Waals surface area (Å²) < 4.78 is 90.8. The first-order valence-corrected chi connectivity index (χ1v) is 6.87. The topological polar surface area (TPSA) is 37.4 Å². The molecule has 1 rings (SSSR count). The minimum atomic E-state index is -4.95. The molecule has 21 heavy (non-hydrogen) atoms. The molecule has 0 N–H and O–H groups in total. The maximum absolute atomic E-state index is 13.6. The molecule has 0 unspecified atom stereocenters. The van der Waals surface area contributed by atoms with Gasteiger partial charge in [0.15, 0.2) is 28.2 Å². The van der Waals surface area contributed by atoms with Crippen LogP contribution in [0.5, 0.6) is 0 Å². The molecule has 116 valence electrons. The predicted octanol–water partition coefficient (Wildman–Crippen LogP) is 2.74. The summed E-state index contributed by atoms with van der Waals surface area (Å²) in [5.41, 5.74) is 0. The van der Waals surface area contributed by atoms with Crippen LogP contribution in [0.3, 0.4) is 0 Å². The minimum absolute atomic E-state index is 0.395. The lowest BCUT2D eigenvalue weighted by Gasteiger charge is -2.20. The van der Waals surface area contributed by atoms with Crippen molar-refractivity contribution in [3.05, 3.63) is 54.4 Å². The molecule has 0 aliphatic heterocycles. The van der Waals surface area contributed by atoms with Crippen molar-refractivity contribution in [3.8, 4) is 0 Å². The van der Waals surface area contributed by atoms with E-state index in [9.17, 15) is 30.4 Å². The average Bonchev–Trinajstić information content (AvgIpc) is 2.42. The van der Waals surface area contributed by atoms with Gasteiger partial charge in [0.05, 0.1) is 0 Å². The monoisotopic (exact) mass is 327 g/mol. The Hall–Kier alpha value is -1.74. The van der Waals surface area contributed by atoms with Gasteiger partial charge in [-0.15, -0.1) is 13.2 Å². The van der Waals surface area contributed by atoms with Gasteiger partial charge in [-0.3, -0.25) is 0 Å². The van der Waals surface area contributed by atoms with Crippen molar-refractivity contribution in [3.63, 3.8) is 0 Å². The van der Waals surface area contributed by atoms with Gasteiger partial charge >= 0.3 is 0 Å². The van der Waals surface area contributed by atoms with Gasteiger partial charge in [0.1, 0.15) is 0 Å². The second-order valence-electron chi connectivity index (χ2n) is 3.80. The molecule has 0 spiro atoms. The molecule has 0 radical (unpaired) electrons. The maximum Gasteiger partial charge on any atom is 0.249 e. The van der Waals surface area contributed by atoms with Crippen molar-refractivity contribution in [1.82, 2.24) is 4.31 Å². The lowest BCUT2D eigenvalue weighted by atomic mass is 10.3. The van der Waals surface area contributed by atoms with Crippen molar-refractivity contribution in [2.24, 2.45) is 0 Å². The van der Waals surface area contributed by atoms with E-state index in [-0.39, 0.29) is 0 Å². The van der Waals surface area contributed by atoms with Crippen LogP contribution in [-0.4, -0.2) is 25.8 Å². The van der Waals surface area contributed by atoms with Gasteiger partial charge in [-0.2, -0.15) is 4.31 Å². The fourth-order valence-corrected chi connectivity index (χ4v) is 2.99. The molecule has 0 saturated carbocycles. The van der Waals surface area contributed by atoms with Crippen LogP contribution < -0.4 is 0 Å². The standard InChI is InChI=1S/C12H10F5NO2S/c1-3-5-18(6-4-2)21(19,20)12-10(16)8(14)7(13)9(15)11(12)17/h3-4H,1-2,5-6H2. The zero-order valence-corrected chi connectivity index (χ0v) is 11.4. The molecule has 0 amide bonds. The van der Waals surface area contributed by atoms with Crippen LogP contribution >= 0.6 is 0 Å². The van der Waals surface area contributed by atoms with Crippen molar-refractivity contribution in [1.29, 1.82) is 0 Å². The van der Waals surface area contributed by atoms with Gasteiger partial charge in [-0.1, -0.05) is 12.2 Å². The van der Waals surface area contributed by atoms with Gasteiger partial charge < -0.3 is 0 Å². The number of sulfonamides is 1. The molecule has 1 aromatic carbocycles. The van der Waals surface area contributed by atoms with Crippen molar-refractivity contribution < 1.29 is 30.4 Å². The smallest absolute Gasteiger partial charge is 0.207 e. The largest absolute Gasteiger partial charge is 0.249 e. The molecular weight excluding hydrogens is 317 g/mol. The average molecular weight is 327 g/mol. The Kier molecular flexibility index (Phi) is 5.24. The van der Waals surface area contributed by atoms with Gasteiger partial charge in [-0.05, 0) is 0 Å². The summed E-state index contributed by atoms with van der Waals surface area (Å²) in [6.07, 6.45) is 2.18.